The van der Waals surface area contributed by atoms with Crippen molar-refractivity contribution in [3.63, 3.8) is 0 Å². The average molecular weight is 476 g/mol. The van der Waals surface area contributed by atoms with Gasteiger partial charge in [0.05, 0.1) is 11.4 Å². The maximum Gasteiger partial charge on any atom is 0.240 e. The van der Waals surface area contributed by atoms with E-state index in [0.29, 0.717) is 11.4 Å². The molecule has 8 heteroatoms. The Kier molecular flexibility index (Phi) is 14.1. The van der Waals surface area contributed by atoms with Crippen molar-refractivity contribution in [2.75, 3.05) is 0 Å². The second-order valence-electron chi connectivity index (χ2n) is 6.44. The summed E-state index contributed by atoms with van der Waals surface area (Å²) in [7, 11) is 0. The van der Waals surface area contributed by atoms with Gasteiger partial charge in [0, 0.05) is 0 Å². The Hall–Kier alpha value is -5.60. The van der Waals surface area contributed by atoms with Crippen LogP contribution in [-0.4, -0.2) is 24.3 Å². The molecule has 0 amide bonds. The van der Waals surface area contributed by atoms with Gasteiger partial charge in [-0.1, -0.05) is 84.9 Å². The fraction of sp³-hybridized carbons (Fsp3) is 0. The lowest BCUT2D eigenvalue weighted by Crippen LogP contribution is -1.76. The van der Waals surface area contributed by atoms with Crippen molar-refractivity contribution >= 4 is 35.7 Å². The van der Waals surface area contributed by atoms with Gasteiger partial charge >= 0.3 is 0 Å². The number of nitrogens with zero attached hydrogens (tertiary/aromatic N) is 2. The summed E-state index contributed by atoms with van der Waals surface area (Å²) in [6.07, 6.45) is 4.48. The van der Waals surface area contributed by atoms with Crippen molar-refractivity contribution in [1.29, 1.82) is 10.8 Å². The summed E-state index contributed by atoms with van der Waals surface area (Å²) < 4.78 is 0. The topological polar surface area (TPSA) is 141 Å². The number of rotatable bonds is 4. The zero-order chi connectivity index (χ0) is 26.4. The molecule has 176 valence electrons. The molecule has 0 unspecified atom stereocenters. The Morgan fingerprint density at radius 1 is 0.417 bits per heavy atom. The quantitative estimate of drug-likeness (QED) is 0.258. The van der Waals surface area contributed by atoms with Crippen LogP contribution in [0.5, 0.6) is 0 Å². The Morgan fingerprint density at radius 2 is 0.667 bits per heavy atom. The van der Waals surface area contributed by atoms with Gasteiger partial charge in [-0.25, -0.2) is 30.0 Å². The first-order valence-electron chi connectivity index (χ1n) is 10.2. The molecular formula is C28H20N4O4. The van der Waals surface area contributed by atoms with Crippen LogP contribution in [0.3, 0.4) is 0 Å². The molecule has 0 heterocycles. The van der Waals surface area contributed by atoms with E-state index in [2.05, 4.69) is 58.5 Å². The highest BCUT2D eigenvalue weighted by Gasteiger charge is 1.98. The minimum absolute atomic E-state index is 0.566. The second kappa shape index (κ2) is 17.9. The lowest BCUT2D eigenvalue weighted by Gasteiger charge is -2.01. The van der Waals surface area contributed by atoms with E-state index in [0.717, 1.165) is 23.3 Å². The highest BCUT2D eigenvalue weighted by molar-refractivity contribution is 5.68. The summed E-state index contributed by atoms with van der Waals surface area (Å²) in [6, 6.07) is 35.1. The summed E-state index contributed by atoms with van der Waals surface area (Å²) in [5.74, 6) is 0. The van der Waals surface area contributed by atoms with Crippen molar-refractivity contribution in [1.82, 2.24) is 0 Å². The van der Waals surface area contributed by atoms with Gasteiger partial charge in [-0.3, -0.25) is 0 Å². The molecule has 0 bridgehead atoms. The molecule has 4 aromatic rings. The lowest BCUT2D eigenvalue weighted by molar-refractivity contribution is 0.562. The van der Waals surface area contributed by atoms with Crippen LogP contribution in [0.25, 0.3) is 22.3 Å². The molecule has 4 aromatic carbocycles. The van der Waals surface area contributed by atoms with Crippen LogP contribution in [0, 0.1) is 10.8 Å². The summed E-state index contributed by atoms with van der Waals surface area (Å²) in [4.78, 5) is 43.9. The molecule has 0 aromatic heterocycles. The van der Waals surface area contributed by atoms with Crippen LogP contribution < -0.4 is 0 Å². The largest absolute Gasteiger partial charge is 0.240 e. The van der Waals surface area contributed by atoms with Gasteiger partial charge in [0.1, 0.15) is 0 Å². The first-order valence-corrected chi connectivity index (χ1v) is 10.2. The molecule has 8 nitrogen and oxygen atoms in total. The number of isocyanates is 4. The summed E-state index contributed by atoms with van der Waals surface area (Å²) >= 11 is 0. The number of hydrogen-bond donors (Lipinski definition) is 2. The minimum Gasteiger partial charge on any atom is -0.222 e. The molecule has 0 fully saturated rings. The predicted molar refractivity (Wildman–Crippen MR) is 136 cm³/mol. The maximum atomic E-state index is 10.1. The van der Waals surface area contributed by atoms with Crippen molar-refractivity contribution < 1.29 is 19.2 Å². The Labute approximate surface area is 207 Å². The molecule has 36 heavy (non-hydrogen) atoms. The maximum absolute atomic E-state index is 10.1. The monoisotopic (exact) mass is 476 g/mol. The normalized spacial score (nSPS) is 8.22. The van der Waals surface area contributed by atoms with Crippen LogP contribution in [-0.2, 0) is 19.2 Å². The molecule has 0 aliphatic heterocycles. The molecule has 0 aliphatic carbocycles. The van der Waals surface area contributed by atoms with Crippen molar-refractivity contribution in [2.24, 2.45) is 9.98 Å². The fourth-order valence-electron chi connectivity index (χ4n) is 2.82. The second-order valence-corrected chi connectivity index (χ2v) is 6.44. The zero-order valence-corrected chi connectivity index (χ0v) is 18.9. The van der Waals surface area contributed by atoms with E-state index in [1.807, 2.05) is 36.4 Å². The summed E-state index contributed by atoms with van der Waals surface area (Å²) in [5.41, 5.74) is 5.66. The van der Waals surface area contributed by atoms with E-state index in [4.69, 9.17) is 20.4 Å². The number of nitrogens with one attached hydrogen (secondary N) is 2. The smallest absolute Gasteiger partial charge is 0.222 e. The number of hydrogen-bond acceptors (Lipinski definition) is 8. The molecule has 0 saturated heterocycles. The molecule has 0 radical (unpaired) electrons. The molecular weight excluding hydrogens is 456 g/mol. The molecule has 4 rings (SSSR count). The SMILES string of the molecule is N=C=O.N=C=O.O=C=Nc1ccc(-c2ccc(N=C=O)cc2)cc1.c1ccc(-c2ccccc2)cc1. The van der Waals surface area contributed by atoms with Gasteiger partial charge in [-0.2, -0.15) is 9.98 Å². The van der Waals surface area contributed by atoms with E-state index in [-0.39, 0.29) is 0 Å². The molecule has 0 saturated carbocycles. The van der Waals surface area contributed by atoms with Gasteiger partial charge in [-0.05, 0) is 46.5 Å². The first kappa shape index (κ1) is 28.4. The summed E-state index contributed by atoms with van der Waals surface area (Å²) in [5, 5.41) is 10.8. The van der Waals surface area contributed by atoms with E-state index in [1.54, 1.807) is 24.3 Å². The fourth-order valence-corrected chi connectivity index (χ4v) is 2.82. The van der Waals surface area contributed by atoms with Gasteiger partial charge in [-0.15, -0.1) is 0 Å². The molecule has 0 atom stereocenters. The molecule has 0 spiro atoms. The third-order valence-corrected chi connectivity index (χ3v) is 4.30. The molecule has 0 aliphatic rings. The summed E-state index contributed by atoms with van der Waals surface area (Å²) in [6.45, 7) is 0. The van der Waals surface area contributed by atoms with Crippen LogP contribution >= 0.6 is 0 Å². The van der Waals surface area contributed by atoms with Crippen molar-refractivity contribution in [3.05, 3.63) is 109 Å². The van der Waals surface area contributed by atoms with Gasteiger partial charge in [0.25, 0.3) is 0 Å². The van der Waals surface area contributed by atoms with Crippen LogP contribution in [0.2, 0.25) is 0 Å². The van der Waals surface area contributed by atoms with Gasteiger partial charge in [0.15, 0.2) is 0 Å². The highest BCUT2D eigenvalue weighted by atomic mass is 16.1. The van der Waals surface area contributed by atoms with Crippen LogP contribution in [0.4, 0.5) is 11.4 Å². The number of aliphatic imine (C=N–C) groups is 2. The number of carbonyl (C=O) groups excluding carboxylic acids is 4. The van der Waals surface area contributed by atoms with E-state index >= 15 is 0 Å². The Balaban J connectivity index is 0.000000309. The predicted octanol–water partition coefficient (Wildman–Crippen LogP) is 6.44. The van der Waals surface area contributed by atoms with Crippen LogP contribution in [0.1, 0.15) is 0 Å². The van der Waals surface area contributed by atoms with Gasteiger partial charge in [0.2, 0.25) is 24.3 Å². The van der Waals surface area contributed by atoms with E-state index in [1.165, 1.54) is 23.3 Å². The van der Waals surface area contributed by atoms with Gasteiger partial charge < -0.3 is 0 Å². The third kappa shape index (κ3) is 10.8. The van der Waals surface area contributed by atoms with E-state index in [9.17, 15) is 9.59 Å². The molecule has 2 N–H and O–H groups in total. The standard InChI is InChI=1S/C14H8N2O2.C12H10.2CHNO/c17-9-15-13-5-1-11(2-6-13)12-3-7-14(8-4-12)16-10-18;1-3-7-11(8-4-1)12-9-5-2-6-10-12;2*2-1-3/h1-8H;1-10H;2*2H. The Bertz CT molecular complexity index is 1240. The van der Waals surface area contributed by atoms with Crippen molar-refractivity contribution in [2.45, 2.75) is 0 Å². The minimum atomic E-state index is 0.566. The lowest BCUT2D eigenvalue weighted by atomic mass is 10.1. The average Bonchev–Trinajstić information content (AvgIpc) is 2.92. The third-order valence-electron chi connectivity index (χ3n) is 4.30. The highest BCUT2D eigenvalue weighted by Crippen LogP contribution is 2.24. The first-order chi connectivity index (χ1) is 17.6. The van der Waals surface area contributed by atoms with Crippen LogP contribution in [0.15, 0.2) is 119 Å². The Morgan fingerprint density at radius 3 is 0.917 bits per heavy atom. The van der Waals surface area contributed by atoms with Crippen molar-refractivity contribution in [3.8, 4) is 22.3 Å². The number of benzene rings is 4. The zero-order valence-electron chi connectivity index (χ0n) is 18.9. The van der Waals surface area contributed by atoms with E-state index < -0.39 is 0 Å².